The van der Waals surface area contributed by atoms with Gasteiger partial charge < -0.3 is 0 Å². The highest BCUT2D eigenvalue weighted by molar-refractivity contribution is 9.10. The van der Waals surface area contributed by atoms with Crippen LogP contribution in [0.1, 0.15) is 22.7 Å². The number of benzene rings is 2. The minimum atomic E-state index is -0.677. The number of aryl methyl sites for hydroxylation is 1. The molecular weight excluding hydrogens is 345 g/mol. The van der Waals surface area contributed by atoms with Crippen molar-refractivity contribution in [3.05, 3.63) is 68.9 Å². The maximum Gasteiger partial charge on any atom is 0.143 e. The molecule has 21 heavy (non-hydrogen) atoms. The Labute approximate surface area is 129 Å². The van der Waals surface area contributed by atoms with Crippen LogP contribution in [0, 0.1) is 24.4 Å². The fourth-order valence-electron chi connectivity index (χ4n) is 2.21. The fourth-order valence-corrected chi connectivity index (χ4v) is 2.58. The van der Waals surface area contributed by atoms with E-state index in [0.717, 1.165) is 5.56 Å². The summed E-state index contributed by atoms with van der Waals surface area (Å²) in [5, 5.41) is 0. The van der Waals surface area contributed by atoms with Gasteiger partial charge >= 0.3 is 0 Å². The average molecular weight is 359 g/mol. The zero-order valence-electron chi connectivity index (χ0n) is 11.3. The molecule has 0 aliphatic carbocycles. The van der Waals surface area contributed by atoms with Crippen molar-refractivity contribution in [1.82, 2.24) is 5.43 Å². The number of hydrogen-bond donors (Lipinski definition) is 2. The second kappa shape index (κ2) is 6.60. The van der Waals surface area contributed by atoms with Crippen molar-refractivity contribution in [2.24, 2.45) is 5.84 Å². The Morgan fingerprint density at radius 1 is 1.19 bits per heavy atom. The Hall–Kier alpha value is -1.37. The van der Waals surface area contributed by atoms with Crippen molar-refractivity contribution in [2.45, 2.75) is 19.4 Å². The molecular formula is C15H14BrF3N2. The molecule has 1 atom stereocenters. The average Bonchev–Trinajstić information content (AvgIpc) is 2.46. The number of nitrogens with two attached hydrogens (primary N) is 1. The molecule has 6 heteroatoms. The molecule has 0 saturated heterocycles. The SMILES string of the molecule is Cc1ccc(F)cc1C(Cc1c(F)ccc(Br)c1F)NN. The first-order valence-corrected chi connectivity index (χ1v) is 7.08. The minimum Gasteiger partial charge on any atom is -0.271 e. The largest absolute Gasteiger partial charge is 0.271 e. The van der Waals surface area contributed by atoms with Crippen molar-refractivity contribution >= 4 is 15.9 Å². The Kier molecular flexibility index (Phi) is 5.03. The maximum absolute atomic E-state index is 14.0. The minimum absolute atomic E-state index is 0.0299. The Morgan fingerprint density at radius 3 is 2.57 bits per heavy atom. The predicted molar refractivity (Wildman–Crippen MR) is 79.0 cm³/mol. The summed E-state index contributed by atoms with van der Waals surface area (Å²) in [7, 11) is 0. The third-order valence-electron chi connectivity index (χ3n) is 3.37. The van der Waals surface area contributed by atoms with Gasteiger partial charge in [-0.1, -0.05) is 6.07 Å². The third kappa shape index (κ3) is 3.45. The van der Waals surface area contributed by atoms with Gasteiger partial charge in [-0.25, -0.2) is 13.2 Å². The van der Waals surface area contributed by atoms with Crippen molar-refractivity contribution in [2.75, 3.05) is 0 Å². The van der Waals surface area contributed by atoms with E-state index in [2.05, 4.69) is 21.4 Å². The topological polar surface area (TPSA) is 38.0 Å². The van der Waals surface area contributed by atoms with Gasteiger partial charge in [0.25, 0.3) is 0 Å². The number of nitrogens with one attached hydrogen (secondary N) is 1. The molecule has 0 spiro atoms. The summed E-state index contributed by atoms with van der Waals surface area (Å²) in [5.41, 5.74) is 3.75. The number of halogens is 4. The first-order valence-electron chi connectivity index (χ1n) is 6.28. The van der Waals surface area contributed by atoms with Crippen molar-refractivity contribution in [3.8, 4) is 0 Å². The zero-order chi connectivity index (χ0) is 15.6. The van der Waals surface area contributed by atoms with Crippen LogP contribution in [0.4, 0.5) is 13.2 Å². The van der Waals surface area contributed by atoms with Gasteiger partial charge in [-0.3, -0.25) is 11.3 Å². The van der Waals surface area contributed by atoms with Crippen LogP contribution < -0.4 is 11.3 Å². The fraction of sp³-hybridized carbons (Fsp3) is 0.200. The van der Waals surface area contributed by atoms with Crippen LogP contribution >= 0.6 is 15.9 Å². The van der Waals surface area contributed by atoms with Crippen molar-refractivity contribution in [3.63, 3.8) is 0 Å². The molecule has 3 N–H and O–H groups in total. The van der Waals surface area contributed by atoms with Gasteiger partial charge in [0, 0.05) is 5.56 Å². The maximum atomic E-state index is 14.0. The van der Waals surface area contributed by atoms with Gasteiger partial charge in [-0.15, -0.1) is 0 Å². The van der Waals surface area contributed by atoms with E-state index < -0.39 is 23.5 Å². The van der Waals surface area contributed by atoms with Crippen LogP contribution in [0.2, 0.25) is 0 Å². The smallest absolute Gasteiger partial charge is 0.143 e. The van der Waals surface area contributed by atoms with Gasteiger partial charge in [0.1, 0.15) is 17.5 Å². The molecule has 2 aromatic rings. The quantitative estimate of drug-likeness (QED) is 0.493. The van der Waals surface area contributed by atoms with Crippen molar-refractivity contribution in [1.29, 1.82) is 0 Å². The summed E-state index contributed by atoms with van der Waals surface area (Å²) < 4.78 is 41.4. The van der Waals surface area contributed by atoms with Crippen LogP contribution in [0.25, 0.3) is 0 Å². The predicted octanol–water partition coefficient (Wildman–Crippen LogP) is 3.92. The summed E-state index contributed by atoms with van der Waals surface area (Å²) in [6.45, 7) is 1.78. The summed E-state index contributed by atoms with van der Waals surface area (Å²) in [5.74, 6) is 3.72. The highest BCUT2D eigenvalue weighted by Crippen LogP contribution is 2.27. The van der Waals surface area contributed by atoms with E-state index >= 15 is 0 Å². The molecule has 0 fully saturated rings. The molecule has 0 aliphatic rings. The van der Waals surface area contributed by atoms with E-state index in [1.807, 2.05) is 0 Å². The van der Waals surface area contributed by atoms with E-state index in [9.17, 15) is 13.2 Å². The highest BCUT2D eigenvalue weighted by atomic mass is 79.9. The standard InChI is InChI=1S/C15H14BrF3N2/c1-8-2-3-9(17)6-10(8)14(21-20)7-11-13(18)5-4-12(16)15(11)19/h2-6,14,21H,7,20H2,1H3. The molecule has 0 radical (unpaired) electrons. The Bertz CT molecular complexity index is 662. The first-order chi connectivity index (χ1) is 9.93. The molecule has 0 aliphatic heterocycles. The third-order valence-corrected chi connectivity index (χ3v) is 3.98. The highest BCUT2D eigenvalue weighted by Gasteiger charge is 2.20. The molecule has 112 valence electrons. The van der Waals surface area contributed by atoms with Gasteiger partial charge in [-0.05, 0) is 64.7 Å². The molecule has 2 nitrogen and oxygen atoms in total. The summed E-state index contributed by atoms with van der Waals surface area (Å²) in [6, 6.07) is 6.11. The summed E-state index contributed by atoms with van der Waals surface area (Å²) >= 11 is 3.02. The van der Waals surface area contributed by atoms with Crippen LogP contribution in [0.5, 0.6) is 0 Å². The second-order valence-electron chi connectivity index (χ2n) is 4.75. The molecule has 0 aromatic heterocycles. The second-order valence-corrected chi connectivity index (χ2v) is 5.60. The number of hydrogen-bond acceptors (Lipinski definition) is 2. The molecule has 2 rings (SSSR count). The lowest BCUT2D eigenvalue weighted by molar-refractivity contribution is 0.494. The summed E-state index contributed by atoms with van der Waals surface area (Å²) in [4.78, 5) is 0. The van der Waals surface area contributed by atoms with Crippen LogP contribution in [0.3, 0.4) is 0 Å². The lowest BCUT2D eigenvalue weighted by Gasteiger charge is -2.19. The number of hydrazine groups is 1. The molecule has 0 bridgehead atoms. The van der Waals surface area contributed by atoms with Crippen LogP contribution in [-0.2, 0) is 6.42 Å². The van der Waals surface area contributed by atoms with Gasteiger partial charge in [0.05, 0.1) is 10.5 Å². The van der Waals surface area contributed by atoms with Gasteiger partial charge in [0.15, 0.2) is 0 Å². The molecule has 0 amide bonds. The van der Waals surface area contributed by atoms with E-state index in [4.69, 9.17) is 5.84 Å². The van der Waals surface area contributed by atoms with E-state index in [1.54, 1.807) is 13.0 Å². The molecule has 1 unspecified atom stereocenters. The first kappa shape index (κ1) is 16.0. The number of rotatable bonds is 4. The lowest BCUT2D eigenvalue weighted by atomic mass is 9.95. The summed E-state index contributed by atoms with van der Waals surface area (Å²) in [6.07, 6.45) is -0.0299. The monoisotopic (exact) mass is 358 g/mol. The zero-order valence-corrected chi connectivity index (χ0v) is 12.8. The van der Waals surface area contributed by atoms with E-state index in [1.165, 1.54) is 24.3 Å². The van der Waals surface area contributed by atoms with E-state index in [0.29, 0.717) is 5.56 Å². The van der Waals surface area contributed by atoms with Crippen molar-refractivity contribution < 1.29 is 13.2 Å². The van der Waals surface area contributed by atoms with Crippen LogP contribution in [0.15, 0.2) is 34.8 Å². The van der Waals surface area contributed by atoms with Gasteiger partial charge in [0.2, 0.25) is 0 Å². The lowest BCUT2D eigenvalue weighted by Crippen LogP contribution is -2.30. The van der Waals surface area contributed by atoms with Gasteiger partial charge in [-0.2, -0.15) is 0 Å². The van der Waals surface area contributed by atoms with Crippen LogP contribution in [-0.4, -0.2) is 0 Å². The Morgan fingerprint density at radius 2 is 1.90 bits per heavy atom. The molecule has 2 aromatic carbocycles. The Balaban J connectivity index is 2.40. The normalized spacial score (nSPS) is 12.5. The molecule has 0 heterocycles. The van der Waals surface area contributed by atoms with E-state index in [-0.39, 0.29) is 16.5 Å². The molecule has 0 saturated carbocycles.